The van der Waals surface area contributed by atoms with E-state index in [1.54, 1.807) is 6.92 Å². The normalized spacial score (nSPS) is 16.4. The second kappa shape index (κ2) is 7.32. The fourth-order valence-electron chi connectivity index (χ4n) is 3.37. The monoisotopic (exact) mass is 348 g/mol. The van der Waals surface area contributed by atoms with E-state index < -0.39 is 0 Å². The van der Waals surface area contributed by atoms with Gasteiger partial charge in [-0.3, -0.25) is 9.36 Å². The quantitative estimate of drug-likeness (QED) is 0.743. The van der Waals surface area contributed by atoms with Crippen LogP contribution in [0, 0.1) is 6.92 Å². The van der Waals surface area contributed by atoms with Crippen LogP contribution in [0.15, 0.2) is 15.7 Å². The van der Waals surface area contributed by atoms with Gasteiger partial charge in [-0.25, -0.2) is 4.79 Å². The maximum Gasteiger partial charge on any atom is 0.328 e. The van der Waals surface area contributed by atoms with E-state index in [-0.39, 0.29) is 17.9 Å². The Kier molecular flexibility index (Phi) is 5.14. The van der Waals surface area contributed by atoms with E-state index in [1.807, 2.05) is 11.6 Å². The standard InChI is InChI=1S/C16H24N6O3/c1-11-9-14(24)22(16(25)17-11)8-7-21-5-3-12(4-6-21)15-19-18-13(10-23)20(15)2/h9,12,23H,3-8,10H2,1-2H3,(H,17,25). The Morgan fingerprint density at radius 3 is 2.56 bits per heavy atom. The summed E-state index contributed by atoms with van der Waals surface area (Å²) in [5, 5.41) is 17.4. The predicted molar refractivity (Wildman–Crippen MR) is 91.4 cm³/mol. The minimum Gasteiger partial charge on any atom is -0.388 e. The molecule has 1 aliphatic rings. The lowest BCUT2D eigenvalue weighted by molar-refractivity contribution is 0.199. The number of H-pyrrole nitrogens is 1. The van der Waals surface area contributed by atoms with Crippen molar-refractivity contribution >= 4 is 0 Å². The number of nitrogens with zero attached hydrogens (tertiary/aromatic N) is 5. The number of aryl methyl sites for hydroxylation is 1. The van der Waals surface area contributed by atoms with Crippen molar-refractivity contribution in [1.29, 1.82) is 0 Å². The summed E-state index contributed by atoms with van der Waals surface area (Å²) >= 11 is 0. The number of aliphatic hydroxyl groups is 1. The molecule has 1 aliphatic heterocycles. The molecule has 9 heteroatoms. The number of aromatic amines is 1. The molecule has 3 rings (SSSR count). The summed E-state index contributed by atoms with van der Waals surface area (Å²) in [7, 11) is 1.88. The molecule has 1 saturated heterocycles. The molecule has 136 valence electrons. The van der Waals surface area contributed by atoms with E-state index in [2.05, 4.69) is 20.1 Å². The number of nitrogens with one attached hydrogen (secondary N) is 1. The Morgan fingerprint density at radius 2 is 1.96 bits per heavy atom. The van der Waals surface area contributed by atoms with Crippen LogP contribution in [0.3, 0.4) is 0 Å². The van der Waals surface area contributed by atoms with Crippen LogP contribution in [0.4, 0.5) is 0 Å². The second-order valence-electron chi connectivity index (χ2n) is 6.55. The van der Waals surface area contributed by atoms with E-state index >= 15 is 0 Å². The van der Waals surface area contributed by atoms with Gasteiger partial charge in [-0.05, 0) is 32.9 Å². The highest BCUT2D eigenvalue weighted by Crippen LogP contribution is 2.26. The van der Waals surface area contributed by atoms with E-state index in [0.29, 0.717) is 30.5 Å². The molecule has 3 heterocycles. The minimum atomic E-state index is -0.351. The molecule has 1 fully saturated rings. The predicted octanol–water partition coefficient (Wildman–Crippen LogP) is -0.655. The smallest absolute Gasteiger partial charge is 0.328 e. The molecular weight excluding hydrogens is 324 g/mol. The van der Waals surface area contributed by atoms with Crippen molar-refractivity contribution in [3.63, 3.8) is 0 Å². The van der Waals surface area contributed by atoms with Crippen molar-refractivity contribution in [2.45, 2.75) is 38.8 Å². The largest absolute Gasteiger partial charge is 0.388 e. The number of hydrogen-bond donors (Lipinski definition) is 2. The average molecular weight is 348 g/mol. The van der Waals surface area contributed by atoms with Crippen LogP contribution in [0.25, 0.3) is 0 Å². The zero-order chi connectivity index (χ0) is 18.0. The third-order valence-corrected chi connectivity index (χ3v) is 4.89. The molecule has 0 unspecified atom stereocenters. The van der Waals surface area contributed by atoms with Crippen molar-refractivity contribution in [3.05, 3.63) is 44.2 Å². The van der Waals surface area contributed by atoms with Gasteiger partial charge in [-0.15, -0.1) is 10.2 Å². The Labute approximate surface area is 144 Å². The molecule has 2 aromatic rings. The number of aliphatic hydroxyl groups excluding tert-OH is 1. The van der Waals surface area contributed by atoms with Crippen LogP contribution in [0.5, 0.6) is 0 Å². The Morgan fingerprint density at radius 1 is 1.24 bits per heavy atom. The van der Waals surface area contributed by atoms with Gasteiger partial charge in [-0.2, -0.15) is 0 Å². The number of likely N-dealkylation sites (tertiary alicyclic amines) is 1. The number of rotatable bonds is 5. The molecule has 0 spiro atoms. The fourth-order valence-corrected chi connectivity index (χ4v) is 3.37. The molecule has 0 saturated carbocycles. The summed E-state index contributed by atoms with van der Waals surface area (Å²) in [6.07, 6.45) is 1.88. The lowest BCUT2D eigenvalue weighted by Gasteiger charge is -2.31. The Bertz CT molecular complexity index is 813. The molecule has 9 nitrogen and oxygen atoms in total. The summed E-state index contributed by atoms with van der Waals surface area (Å²) in [6, 6.07) is 1.44. The molecule has 2 aromatic heterocycles. The molecule has 0 bridgehead atoms. The third kappa shape index (κ3) is 3.72. The van der Waals surface area contributed by atoms with Crippen LogP contribution in [-0.2, 0) is 20.2 Å². The van der Waals surface area contributed by atoms with E-state index in [1.165, 1.54) is 10.6 Å². The SMILES string of the molecule is Cc1cc(=O)n(CCN2CCC(c3nnc(CO)n3C)CC2)c(=O)[nH]1. The van der Waals surface area contributed by atoms with Gasteiger partial charge in [0.05, 0.1) is 0 Å². The average Bonchev–Trinajstić information content (AvgIpc) is 2.95. The molecule has 0 atom stereocenters. The summed E-state index contributed by atoms with van der Waals surface area (Å²) in [5.41, 5.74) is -0.0275. The van der Waals surface area contributed by atoms with Gasteiger partial charge in [0.2, 0.25) is 0 Å². The van der Waals surface area contributed by atoms with E-state index in [0.717, 1.165) is 31.8 Å². The Balaban J connectivity index is 1.57. The van der Waals surface area contributed by atoms with Crippen molar-refractivity contribution in [1.82, 2.24) is 29.2 Å². The van der Waals surface area contributed by atoms with Crippen LogP contribution < -0.4 is 11.2 Å². The maximum absolute atomic E-state index is 11.9. The molecular formula is C16H24N6O3. The molecule has 25 heavy (non-hydrogen) atoms. The van der Waals surface area contributed by atoms with Crippen LogP contribution >= 0.6 is 0 Å². The summed E-state index contributed by atoms with van der Waals surface area (Å²) in [6.45, 7) is 4.40. The van der Waals surface area contributed by atoms with Crippen molar-refractivity contribution in [2.75, 3.05) is 19.6 Å². The molecule has 2 N–H and O–H groups in total. The van der Waals surface area contributed by atoms with Gasteiger partial charge in [0, 0.05) is 37.8 Å². The first kappa shape index (κ1) is 17.6. The van der Waals surface area contributed by atoms with Crippen LogP contribution in [0.1, 0.15) is 36.1 Å². The van der Waals surface area contributed by atoms with Gasteiger partial charge >= 0.3 is 5.69 Å². The first-order valence-corrected chi connectivity index (χ1v) is 8.51. The molecule has 0 aromatic carbocycles. The zero-order valence-electron chi connectivity index (χ0n) is 14.6. The van der Waals surface area contributed by atoms with Crippen LogP contribution in [-0.4, -0.2) is 54.0 Å². The van der Waals surface area contributed by atoms with Gasteiger partial charge in [0.1, 0.15) is 12.4 Å². The minimum absolute atomic E-state index is 0.109. The lowest BCUT2D eigenvalue weighted by Crippen LogP contribution is -2.41. The number of piperidine rings is 1. The van der Waals surface area contributed by atoms with Crippen molar-refractivity contribution < 1.29 is 5.11 Å². The highest BCUT2D eigenvalue weighted by atomic mass is 16.3. The molecule has 0 aliphatic carbocycles. The second-order valence-corrected chi connectivity index (χ2v) is 6.55. The van der Waals surface area contributed by atoms with Gasteiger partial charge in [0.25, 0.3) is 5.56 Å². The molecule has 0 radical (unpaired) electrons. The van der Waals surface area contributed by atoms with E-state index in [4.69, 9.17) is 0 Å². The number of hydrogen-bond acceptors (Lipinski definition) is 6. The maximum atomic E-state index is 11.9. The van der Waals surface area contributed by atoms with Gasteiger partial charge in [-0.1, -0.05) is 0 Å². The molecule has 0 amide bonds. The highest BCUT2D eigenvalue weighted by Gasteiger charge is 2.25. The van der Waals surface area contributed by atoms with Crippen LogP contribution in [0.2, 0.25) is 0 Å². The van der Waals surface area contributed by atoms with Crippen molar-refractivity contribution in [2.24, 2.45) is 7.05 Å². The first-order chi connectivity index (χ1) is 12.0. The highest BCUT2D eigenvalue weighted by molar-refractivity contribution is 5.03. The van der Waals surface area contributed by atoms with Gasteiger partial charge in [0.15, 0.2) is 5.82 Å². The number of aromatic nitrogens is 5. The fraction of sp³-hybridized carbons (Fsp3) is 0.625. The lowest BCUT2D eigenvalue weighted by atomic mass is 9.96. The van der Waals surface area contributed by atoms with Gasteiger partial charge < -0.3 is 19.6 Å². The first-order valence-electron chi connectivity index (χ1n) is 8.51. The van der Waals surface area contributed by atoms with Crippen molar-refractivity contribution in [3.8, 4) is 0 Å². The third-order valence-electron chi connectivity index (χ3n) is 4.89. The summed E-state index contributed by atoms with van der Waals surface area (Å²) in [5.74, 6) is 1.81. The summed E-state index contributed by atoms with van der Waals surface area (Å²) in [4.78, 5) is 28.7. The van der Waals surface area contributed by atoms with E-state index in [9.17, 15) is 14.7 Å². The Hall–Kier alpha value is -2.26. The topological polar surface area (TPSA) is 109 Å². The summed E-state index contributed by atoms with van der Waals surface area (Å²) < 4.78 is 3.11. The zero-order valence-corrected chi connectivity index (χ0v) is 14.6.